The Bertz CT molecular complexity index is 224. The van der Waals surface area contributed by atoms with Crippen molar-refractivity contribution in [2.45, 2.75) is 6.92 Å². The van der Waals surface area contributed by atoms with Gasteiger partial charge in [-0.2, -0.15) is 0 Å². The average Bonchev–Trinajstić information content (AvgIpc) is 1.88. The molecule has 0 saturated carbocycles. The summed E-state index contributed by atoms with van der Waals surface area (Å²) in [5, 5.41) is 0. The van der Waals surface area contributed by atoms with E-state index >= 15 is 0 Å². The van der Waals surface area contributed by atoms with Crippen LogP contribution in [0.3, 0.4) is 0 Å². The minimum absolute atomic E-state index is 0.0491. The lowest BCUT2D eigenvalue weighted by atomic mass is 10.4. The van der Waals surface area contributed by atoms with Crippen molar-refractivity contribution in [1.29, 1.82) is 0 Å². The first kappa shape index (κ1) is 6.37. The van der Waals surface area contributed by atoms with Crippen molar-refractivity contribution in [3.8, 4) is 0 Å². The summed E-state index contributed by atoms with van der Waals surface area (Å²) in [5.74, 6) is 0. The van der Waals surface area contributed by atoms with Gasteiger partial charge in [0.1, 0.15) is 0 Å². The highest BCUT2D eigenvalue weighted by Gasteiger charge is 1.97. The molecule has 1 N–H and O–H groups in total. The van der Waals surface area contributed by atoms with Gasteiger partial charge in [-0.05, 0) is 6.07 Å². The highest BCUT2D eigenvalue weighted by Crippen LogP contribution is 1.88. The first-order valence-corrected chi connectivity index (χ1v) is 3.46. The van der Waals surface area contributed by atoms with Gasteiger partial charge in [0.2, 0.25) is 0 Å². The Hall–Kier alpha value is -0.750. The lowest BCUT2D eigenvalue weighted by Gasteiger charge is -1.80. The molecule has 2 nitrogen and oxygen atoms in total. The second kappa shape index (κ2) is 2.70. The third-order valence-electron chi connectivity index (χ3n) is 1.02. The number of aromatic amines is 1. The van der Waals surface area contributed by atoms with Crippen molar-refractivity contribution in [3.05, 3.63) is 23.9 Å². The lowest BCUT2D eigenvalue weighted by Crippen LogP contribution is -2.23. The molecule has 0 atom stereocenters. The molecule has 0 unspecified atom stereocenters. The largest absolute Gasteiger partial charge is 0.271 e. The fraction of sp³-hybridized carbons (Fsp3) is 0.167. The topological polar surface area (TPSA) is 31.2 Å². The summed E-state index contributed by atoms with van der Waals surface area (Å²) in [5.41, 5.74) is 1.74. The van der Waals surface area contributed by atoms with Crippen LogP contribution in [0.2, 0.25) is 0 Å². The number of pyridine rings is 1. The van der Waals surface area contributed by atoms with E-state index in [1.54, 1.807) is 6.07 Å². The minimum Gasteiger partial charge on any atom is -0.263 e. The Labute approximate surface area is 55.1 Å². The number of nitrogens with one attached hydrogen (secondary N) is 1. The molecule has 0 bridgehead atoms. The Kier molecular flexibility index (Phi) is 1.91. The van der Waals surface area contributed by atoms with E-state index in [4.69, 9.17) is 0 Å². The highest BCUT2D eigenvalue weighted by molar-refractivity contribution is 7.33. The number of hydrogen-bond donors (Lipinski definition) is 0. The second-order valence-corrected chi connectivity index (χ2v) is 2.47. The smallest absolute Gasteiger partial charge is 0.263 e. The molecular formula is C6H7NOP+. The molecule has 0 aliphatic heterocycles. The van der Waals surface area contributed by atoms with E-state index in [2.05, 4.69) is 4.98 Å². The van der Waals surface area contributed by atoms with E-state index in [1.165, 1.54) is 0 Å². The van der Waals surface area contributed by atoms with E-state index in [0.717, 1.165) is 11.1 Å². The maximum Gasteiger partial charge on any atom is 0.271 e. The van der Waals surface area contributed by atoms with Crippen LogP contribution in [0.15, 0.2) is 18.2 Å². The molecule has 0 amide bonds. The highest BCUT2D eigenvalue weighted by atomic mass is 31.1. The maximum absolute atomic E-state index is 10.2. The van der Waals surface area contributed by atoms with Crippen LogP contribution in [0.1, 0.15) is 5.69 Å². The molecule has 0 saturated heterocycles. The SMILES string of the molecule is Cc1cccc(P=O)[nH+]1. The van der Waals surface area contributed by atoms with Crippen LogP contribution in [0.25, 0.3) is 0 Å². The van der Waals surface area contributed by atoms with Crippen molar-refractivity contribution in [2.24, 2.45) is 0 Å². The molecule has 0 radical (unpaired) electrons. The lowest BCUT2D eigenvalue weighted by molar-refractivity contribution is -0.364. The Morgan fingerprint density at radius 3 is 2.78 bits per heavy atom. The number of H-pyrrole nitrogens is 1. The molecule has 0 aliphatic carbocycles. The molecule has 0 aromatic carbocycles. The molecule has 0 aliphatic rings. The average molecular weight is 140 g/mol. The fourth-order valence-corrected chi connectivity index (χ4v) is 0.991. The van der Waals surface area contributed by atoms with Crippen molar-refractivity contribution in [2.75, 3.05) is 0 Å². The van der Waals surface area contributed by atoms with Crippen LogP contribution in [0, 0.1) is 6.92 Å². The molecular weight excluding hydrogens is 133 g/mol. The van der Waals surface area contributed by atoms with Crippen LogP contribution in [-0.2, 0) is 4.57 Å². The third kappa shape index (κ3) is 1.58. The van der Waals surface area contributed by atoms with Crippen LogP contribution < -0.4 is 10.4 Å². The minimum atomic E-state index is 0.0491. The summed E-state index contributed by atoms with van der Waals surface area (Å²) >= 11 is 0. The van der Waals surface area contributed by atoms with Gasteiger partial charge in [-0.1, -0.05) is 0 Å². The number of aromatic nitrogens is 1. The Balaban J connectivity index is 3.07. The van der Waals surface area contributed by atoms with Gasteiger partial charge in [0.05, 0.1) is 0 Å². The van der Waals surface area contributed by atoms with Crippen LogP contribution in [0.4, 0.5) is 0 Å². The van der Waals surface area contributed by atoms with E-state index < -0.39 is 0 Å². The van der Waals surface area contributed by atoms with Gasteiger partial charge in [0.15, 0.2) is 5.69 Å². The van der Waals surface area contributed by atoms with Crippen LogP contribution in [0.5, 0.6) is 0 Å². The summed E-state index contributed by atoms with van der Waals surface area (Å²) in [7, 11) is 0.0491. The van der Waals surface area contributed by atoms with E-state index in [9.17, 15) is 4.57 Å². The Morgan fingerprint density at radius 2 is 2.33 bits per heavy atom. The zero-order valence-corrected chi connectivity index (χ0v) is 5.98. The molecule has 1 aromatic rings. The van der Waals surface area contributed by atoms with Crippen molar-refractivity contribution in [3.63, 3.8) is 0 Å². The molecule has 1 rings (SSSR count). The normalized spacial score (nSPS) is 9.89. The first-order chi connectivity index (χ1) is 4.33. The first-order valence-electron chi connectivity index (χ1n) is 2.65. The quantitative estimate of drug-likeness (QED) is 0.529. The molecule has 1 aromatic heterocycles. The number of rotatable bonds is 1. The Morgan fingerprint density at radius 1 is 1.56 bits per heavy atom. The molecule has 0 spiro atoms. The molecule has 3 heteroatoms. The maximum atomic E-state index is 10.2. The van der Waals surface area contributed by atoms with Gasteiger partial charge in [-0.25, -0.2) is 4.98 Å². The standard InChI is InChI=1S/C6H6NOP/c1-5-3-2-4-6(7-5)9-8/h2-4H,1H3/p+1. The summed E-state index contributed by atoms with van der Waals surface area (Å²) in [4.78, 5) is 2.93. The number of hydrogen-bond acceptors (Lipinski definition) is 1. The summed E-state index contributed by atoms with van der Waals surface area (Å²) in [6, 6.07) is 5.57. The van der Waals surface area contributed by atoms with Gasteiger partial charge < -0.3 is 0 Å². The van der Waals surface area contributed by atoms with E-state index in [0.29, 0.717) is 0 Å². The van der Waals surface area contributed by atoms with Crippen LogP contribution in [-0.4, -0.2) is 0 Å². The summed E-state index contributed by atoms with van der Waals surface area (Å²) in [6.07, 6.45) is 0. The monoisotopic (exact) mass is 140 g/mol. The predicted octanol–water partition coefficient (Wildman–Crippen LogP) is 0.726. The fourth-order valence-electron chi connectivity index (χ4n) is 0.622. The second-order valence-electron chi connectivity index (χ2n) is 1.81. The van der Waals surface area contributed by atoms with Gasteiger partial charge in [0.25, 0.3) is 13.9 Å². The van der Waals surface area contributed by atoms with Gasteiger partial charge in [-0.15, -0.1) is 0 Å². The molecule has 1 heterocycles. The number of aryl methyl sites for hydroxylation is 1. The van der Waals surface area contributed by atoms with Crippen LogP contribution >= 0.6 is 8.46 Å². The zero-order valence-electron chi connectivity index (χ0n) is 5.09. The summed E-state index contributed by atoms with van der Waals surface area (Å²) in [6.45, 7) is 1.93. The van der Waals surface area contributed by atoms with Gasteiger partial charge in [-0.3, -0.25) is 4.57 Å². The molecule has 46 valence electrons. The molecule has 0 fully saturated rings. The summed E-state index contributed by atoms with van der Waals surface area (Å²) < 4.78 is 10.2. The molecule has 9 heavy (non-hydrogen) atoms. The van der Waals surface area contributed by atoms with Crippen molar-refractivity contribution >= 4 is 13.9 Å². The van der Waals surface area contributed by atoms with Gasteiger partial charge in [0, 0.05) is 19.1 Å². The van der Waals surface area contributed by atoms with E-state index in [-0.39, 0.29) is 8.46 Å². The predicted molar refractivity (Wildman–Crippen MR) is 35.0 cm³/mol. The zero-order chi connectivity index (χ0) is 6.69. The third-order valence-corrected chi connectivity index (χ3v) is 1.48. The van der Waals surface area contributed by atoms with E-state index in [1.807, 2.05) is 19.1 Å². The van der Waals surface area contributed by atoms with Crippen molar-refractivity contribution in [1.82, 2.24) is 0 Å². The van der Waals surface area contributed by atoms with Crippen molar-refractivity contribution < 1.29 is 9.55 Å². The van der Waals surface area contributed by atoms with Gasteiger partial charge >= 0.3 is 0 Å².